The predicted octanol–water partition coefficient (Wildman–Crippen LogP) is 11.6. The molecule has 5 aliphatic heterocycles. The molecular formula is C54H80B3BrN6O10. The van der Waals surface area contributed by atoms with Crippen molar-refractivity contribution in [2.45, 2.75) is 207 Å². The van der Waals surface area contributed by atoms with Crippen LogP contribution in [0.1, 0.15) is 174 Å². The number of carbonyl (C=O) groups is 2. The molecule has 5 aliphatic rings. The minimum Gasteiger partial charge on any atom is -0.444 e. The Hall–Kier alpha value is -4.17. The average Bonchev–Trinajstić information content (AvgIpc) is 4.14. The van der Waals surface area contributed by atoms with Gasteiger partial charge in [-0.1, -0.05) is 52.3 Å². The Morgan fingerprint density at radius 3 is 1.22 bits per heavy atom. The summed E-state index contributed by atoms with van der Waals surface area (Å²) in [7, 11) is -1.33. The molecule has 20 heteroatoms. The van der Waals surface area contributed by atoms with Gasteiger partial charge in [-0.3, -0.25) is 9.80 Å². The number of rotatable bonds is 6. The fraction of sp³-hybridized carbons (Fsp3) is 0.630. The Morgan fingerprint density at radius 2 is 0.878 bits per heavy atom. The molecule has 16 nitrogen and oxygen atoms in total. The first-order chi connectivity index (χ1) is 34.1. The van der Waals surface area contributed by atoms with E-state index in [2.05, 4.69) is 63.6 Å². The number of aromatic amines is 2. The molecular weight excluding hydrogens is 1000 g/mol. The van der Waals surface area contributed by atoms with Crippen LogP contribution in [-0.4, -0.2) is 121 Å². The number of imidazole rings is 2. The first-order valence-corrected chi connectivity index (χ1v) is 26.9. The molecule has 5 saturated heterocycles. The van der Waals surface area contributed by atoms with Crippen LogP contribution in [0.4, 0.5) is 9.59 Å². The highest BCUT2D eigenvalue weighted by molar-refractivity contribution is 9.10. The second kappa shape index (κ2) is 21.0. The van der Waals surface area contributed by atoms with Crippen LogP contribution < -0.4 is 5.46 Å². The topological polar surface area (TPSA) is 172 Å². The van der Waals surface area contributed by atoms with Crippen molar-refractivity contribution >= 4 is 54.7 Å². The van der Waals surface area contributed by atoms with E-state index in [1.54, 1.807) is 9.80 Å². The third-order valence-corrected chi connectivity index (χ3v) is 15.8. The van der Waals surface area contributed by atoms with Crippen LogP contribution in [0.15, 0.2) is 65.4 Å². The van der Waals surface area contributed by atoms with E-state index in [9.17, 15) is 9.59 Å². The van der Waals surface area contributed by atoms with E-state index in [0.717, 1.165) is 69.8 Å². The maximum absolute atomic E-state index is 12.6. The van der Waals surface area contributed by atoms with Crippen molar-refractivity contribution in [3.05, 3.63) is 77.0 Å². The van der Waals surface area contributed by atoms with Crippen LogP contribution in [0, 0.1) is 0 Å². The third kappa shape index (κ3) is 13.0. The molecule has 402 valence electrons. The van der Waals surface area contributed by atoms with E-state index in [1.807, 2.05) is 158 Å². The first-order valence-electron chi connectivity index (χ1n) is 26.1. The number of halogens is 1. The van der Waals surface area contributed by atoms with Crippen LogP contribution in [0.2, 0.25) is 0 Å². The van der Waals surface area contributed by atoms with Crippen molar-refractivity contribution in [2.24, 2.45) is 0 Å². The normalized spacial score (nSPS) is 23.3. The Kier molecular flexibility index (Phi) is 16.3. The van der Waals surface area contributed by atoms with E-state index < -0.39 is 25.2 Å². The first kappa shape index (κ1) is 57.5. The third-order valence-electron chi connectivity index (χ3n) is 15.3. The molecule has 0 bridgehead atoms. The summed E-state index contributed by atoms with van der Waals surface area (Å²) >= 11 is 3.44. The van der Waals surface area contributed by atoms with E-state index >= 15 is 0 Å². The van der Waals surface area contributed by atoms with Gasteiger partial charge >= 0.3 is 33.3 Å². The summed E-state index contributed by atoms with van der Waals surface area (Å²) in [5.41, 5.74) is 1.76. The maximum Gasteiger partial charge on any atom is 0.494 e. The highest BCUT2D eigenvalue weighted by Crippen LogP contribution is 2.43. The fourth-order valence-corrected chi connectivity index (χ4v) is 9.18. The lowest BCUT2D eigenvalue weighted by molar-refractivity contribution is 0.00578. The van der Waals surface area contributed by atoms with Crippen molar-refractivity contribution in [2.75, 3.05) is 13.1 Å². The molecule has 2 amide bonds. The monoisotopic (exact) mass is 1080 g/mol. The van der Waals surface area contributed by atoms with Gasteiger partial charge in [0.2, 0.25) is 0 Å². The van der Waals surface area contributed by atoms with Gasteiger partial charge in [-0.25, -0.2) is 19.6 Å². The highest BCUT2D eigenvalue weighted by Gasteiger charge is 2.64. The zero-order valence-corrected chi connectivity index (χ0v) is 48.7. The van der Waals surface area contributed by atoms with Crippen molar-refractivity contribution < 1.29 is 47.0 Å². The number of hydrogen-bond acceptors (Lipinski definition) is 12. The lowest BCUT2D eigenvalue weighted by Crippen LogP contribution is -2.41. The second-order valence-electron chi connectivity index (χ2n) is 25.0. The second-order valence-corrected chi connectivity index (χ2v) is 25.9. The molecule has 0 unspecified atom stereocenters. The van der Waals surface area contributed by atoms with Crippen LogP contribution in [-0.2, 0) is 37.4 Å². The lowest BCUT2D eigenvalue weighted by Gasteiger charge is -2.32. The zero-order chi connectivity index (χ0) is 54.6. The van der Waals surface area contributed by atoms with Gasteiger partial charge in [-0.05, 0) is 179 Å². The molecule has 7 heterocycles. The zero-order valence-electron chi connectivity index (χ0n) is 47.2. The largest absolute Gasteiger partial charge is 0.494 e. The van der Waals surface area contributed by atoms with E-state index in [0.29, 0.717) is 13.1 Å². The number of likely N-dealkylation sites (tertiary alicyclic amines) is 2. The summed E-state index contributed by atoms with van der Waals surface area (Å²) in [6.07, 6.45) is 6.74. The number of ether oxygens (including phenoxy) is 2. The summed E-state index contributed by atoms with van der Waals surface area (Å²) in [6, 6.07) is 16.0. The quantitative estimate of drug-likeness (QED) is 0.175. The van der Waals surface area contributed by atoms with Gasteiger partial charge in [-0.2, -0.15) is 0 Å². The molecule has 74 heavy (non-hydrogen) atoms. The Balaban J connectivity index is 0.000000169. The minimum absolute atomic E-state index is 0.0518. The maximum atomic E-state index is 12.6. The predicted molar refractivity (Wildman–Crippen MR) is 293 cm³/mol. The summed E-state index contributed by atoms with van der Waals surface area (Å²) in [6.45, 7) is 37.1. The Labute approximate surface area is 449 Å². The van der Waals surface area contributed by atoms with Crippen LogP contribution in [0.5, 0.6) is 0 Å². The average molecular weight is 1090 g/mol. The molecule has 0 spiro atoms. The van der Waals surface area contributed by atoms with Crippen LogP contribution in [0.25, 0.3) is 22.5 Å². The molecule has 2 N–H and O–H groups in total. The van der Waals surface area contributed by atoms with Gasteiger partial charge in [-0.15, -0.1) is 0 Å². The number of nitrogens with one attached hydrogen (secondary N) is 2. The molecule has 0 aliphatic carbocycles. The Morgan fingerprint density at radius 1 is 0.554 bits per heavy atom. The summed E-state index contributed by atoms with van der Waals surface area (Å²) < 4.78 is 48.3. The fourth-order valence-electron chi connectivity index (χ4n) is 8.91. The number of carbonyl (C=O) groups excluding carboxylic acids is 2. The number of H-pyrrole nitrogens is 2. The number of nitrogens with zero attached hydrogens (tertiary/aromatic N) is 4. The van der Waals surface area contributed by atoms with E-state index in [1.165, 1.54) is 0 Å². The summed E-state index contributed by atoms with van der Waals surface area (Å²) in [5, 5.41) is 0. The summed E-state index contributed by atoms with van der Waals surface area (Å²) in [5.74, 6) is 1.61. The highest BCUT2D eigenvalue weighted by atomic mass is 79.9. The van der Waals surface area contributed by atoms with Gasteiger partial charge in [0.25, 0.3) is 0 Å². The van der Waals surface area contributed by atoms with Gasteiger partial charge in [0, 0.05) is 17.6 Å². The SMILES string of the molecule is CC(C)(C)OC(=O)N1CCC[C@H]1c1ncc(-c2ccc(B3OC(C)(C)C(C)(C)O3)cc2)[nH]1.CC(C)(C)OC(=O)N1CCC[C@H]1c1ncc(-c2ccc(Br)cc2)[nH]1.CC1(C)OB(B2OC(C)(C)C(C)(C)O2)OC1(C)C. The molecule has 5 fully saturated rings. The van der Waals surface area contributed by atoms with Gasteiger partial charge in [0.15, 0.2) is 0 Å². The van der Waals surface area contributed by atoms with Gasteiger partial charge in [0.05, 0.1) is 69.5 Å². The number of benzene rings is 2. The van der Waals surface area contributed by atoms with E-state index in [4.69, 9.17) is 37.4 Å². The minimum atomic E-state index is -0.516. The number of hydrogen-bond donors (Lipinski definition) is 2. The molecule has 2 aromatic heterocycles. The van der Waals surface area contributed by atoms with E-state index in [-0.39, 0.29) is 65.0 Å². The molecule has 2 aromatic carbocycles. The molecule has 2 atom stereocenters. The Bertz CT molecular complexity index is 2510. The van der Waals surface area contributed by atoms with Crippen LogP contribution >= 0.6 is 15.9 Å². The smallest absolute Gasteiger partial charge is 0.444 e. The molecule has 4 aromatic rings. The van der Waals surface area contributed by atoms with Crippen molar-refractivity contribution in [3.63, 3.8) is 0 Å². The van der Waals surface area contributed by atoms with Crippen LogP contribution in [0.3, 0.4) is 0 Å². The van der Waals surface area contributed by atoms with Crippen molar-refractivity contribution in [3.8, 4) is 22.5 Å². The molecule has 0 radical (unpaired) electrons. The van der Waals surface area contributed by atoms with Gasteiger partial charge < -0.3 is 47.4 Å². The van der Waals surface area contributed by atoms with Crippen molar-refractivity contribution in [1.82, 2.24) is 29.7 Å². The standard InChI is InChI=1S/C24H34BN3O4.C18H22BrN3O2.C12H24B2O4/c1-22(2,3)30-21(29)28-14-8-9-19(28)20-26-15-18(27-20)16-10-12-17(13-11-16)25-31-23(4,5)24(6,7)32-25;1-18(2,3)24-17(23)22-10-4-5-15(22)16-20-11-14(21-16)12-6-8-13(19)9-7-12;1-9(2)10(3,4)16-13(15-9)14-17-11(5,6)12(7,8)18-14/h10-13,15,19H,8-9,14H2,1-7H3,(H,26,27);6-9,11,15H,4-5,10H2,1-3H3,(H,20,21);1-8H3/t19-;15-;/m00./s1. The van der Waals surface area contributed by atoms with Gasteiger partial charge in [0.1, 0.15) is 22.9 Å². The van der Waals surface area contributed by atoms with Crippen molar-refractivity contribution in [1.29, 1.82) is 0 Å². The number of amides is 2. The summed E-state index contributed by atoms with van der Waals surface area (Å²) in [4.78, 5) is 44.4. The lowest BCUT2D eigenvalue weighted by atomic mass is 9.49. The number of aromatic nitrogens is 4. The molecule has 0 saturated carbocycles. The molecule has 9 rings (SSSR count).